The van der Waals surface area contributed by atoms with E-state index >= 15 is 0 Å². The fourth-order valence-corrected chi connectivity index (χ4v) is 7.51. The minimum absolute atomic E-state index is 0.0129. The number of hydrogen-bond donors (Lipinski definition) is 1. The van der Waals surface area contributed by atoms with E-state index in [0.29, 0.717) is 11.0 Å². The summed E-state index contributed by atoms with van der Waals surface area (Å²) >= 11 is 3.20. The highest BCUT2D eigenvalue weighted by Crippen LogP contribution is 2.46. The molecular weight excluding hydrogens is 526 g/mol. The summed E-state index contributed by atoms with van der Waals surface area (Å²) in [6, 6.07) is 27.3. The van der Waals surface area contributed by atoms with Gasteiger partial charge >= 0.3 is 5.63 Å². The van der Waals surface area contributed by atoms with Crippen molar-refractivity contribution in [2.24, 2.45) is 0 Å². The number of thiophene rings is 1. The summed E-state index contributed by atoms with van der Waals surface area (Å²) in [4.78, 5) is 34.7. The van der Waals surface area contributed by atoms with Crippen LogP contribution in [0, 0.1) is 0 Å². The van der Waals surface area contributed by atoms with Crippen LogP contribution >= 0.6 is 22.7 Å². The highest BCUT2D eigenvalue weighted by atomic mass is 32.1. The molecule has 6 nitrogen and oxygen atoms in total. The molecule has 1 aliphatic rings. The molecule has 0 radical (unpaired) electrons. The van der Waals surface area contributed by atoms with E-state index in [4.69, 9.17) is 9.40 Å². The van der Waals surface area contributed by atoms with E-state index in [0.717, 1.165) is 51.8 Å². The first-order chi connectivity index (χ1) is 19.1. The average Bonchev–Trinajstić information content (AvgIpc) is 3.53. The molecule has 39 heavy (non-hydrogen) atoms. The van der Waals surface area contributed by atoms with Crippen molar-refractivity contribution >= 4 is 54.8 Å². The number of hydrogen-bond acceptors (Lipinski definition) is 7. The molecule has 1 amide bonds. The third-order valence-electron chi connectivity index (χ3n) is 7.01. The van der Waals surface area contributed by atoms with Crippen molar-refractivity contribution in [1.82, 2.24) is 9.88 Å². The van der Waals surface area contributed by atoms with E-state index in [1.807, 2.05) is 36.4 Å². The van der Waals surface area contributed by atoms with E-state index in [1.54, 1.807) is 40.9 Å². The maximum atomic E-state index is 13.5. The Morgan fingerprint density at radius 3 is 2.64 bits per heavy atom. The fourth-order valence-electron chi connectivity index (χ4n) is 5.12. The number of anilines is 1. The van der Waals surface area contributed by atoms with Gasteiger partial charge < -0.3 is 9.73 Å². The lowest BCUT2D eigenvalue weighted by Gasteiger charge is -2.27. The Balaban J connectivity index is 1.27. The number of fused-ring (bicyclic) bond motifs is 3. The van der Waals surface area contributed by atoms with Crippen LogP contribution in [-0.4, -0.2) is 22.3 Å². The van der Waals surface area contributed by atoms with Gasteiger partial charge in [0.1, 0.15) is 21.2 Å². The summed E-state index contributed by atoms with van der Waals surface area (Å²) < 4.78 is 6.53. The van der Waals surface area contributed by atoms with Crippen molar-refractivity contribution in [3.63, 3.8) is 0 Å². The molecule has 7 rings (SSSR count). The molecule has 192 valence electrons. The van der Waals surface area contributed by atoms with E-state index in [9.17, 15) is 9.59 Å². The second kappa shape index (κ2) is 9.89. The number of aromatic nitrogens is 1. The molecule has 0 bridgehead atoms. The summed E-state index contributed by atoms with van der Waals surface area (Å²) in [6.07, 6.45) is 0.859. The number of benzene rings is 3. The molecule has 3 aromatic carbocycles. The third kappa shape index (κ3) is 4.57. The van der Waals surface area contributed by atoms with Crippen LogP contribution in [0.1, 0.15) is 26.4 Å². The van der Waals surface area contributed by atoms with Crippen LogP contribution in [0.3, 0.4) is 0 Å². The van der Waals surface area contributed by atoms with Crippen LogP contribution < -0.4 is 10.9 Å². The molecule has 3 aromatic heterocycles. The van der Waals surface area contributed by atoms with E-state index < -0.39 is 11.5 Å². The zero-order chi connectivity index (χ0) is 26.3. The highest BCUT2D eigenvalue weighted by Gasteiger charge is 2.28. The summed E-state index contributed by atoms with van der Waals surface area (Å²) in [5.41, 5.74) is 4.20. The first kappa shape index (κ1) is 24.0. The molecule has 0 unspecified atom stereocenters. The Hall–Kier alpha value is -4.11. The summed E-state index contributed by atoms with van der Waals surface area (Å²) in [5.74, 6) is -0.475. The summed E-state index contributed by atoms with van der Waals surface area (Å²) in [6.45, 7) is 2.58. The number of nitrogens with one attached hydrogen (secondary N) is 1. The molecule has 0 atom stereocenters. The van der Waals surface area contributed by atoms with Crippen molar-refractivity contribution in [3.05, 3.63) is 117 Å². The zero-order valence-electron chi connectivity index (χ0n) is 20.8. The first-order valence-electron chi connectivity index (χ1n) is 12.7. The molecule has 8 heteroatoms. The van der Waals surface area contributed by atoms with Gasteiger partial charge in [-0.3, -0.25) is 9.69 Å². The number of rotatable bonds is 5. The lowest BCUT2D eigenvalue weighted by molar-refractivity contribution is 0.102. The lowest BCUT2D eigenvalue weighted by Crippen LogP contribution is -2.29. The van der Waals surface area contributed by atoms with Gasteiger partial charge in [-0.1, -0.05) is 60.7 Å². The van der Waals surface area contributed by atoms with Gasteiger partial charge in [0, 0.05) is 35.5 Å². The van der Waals surface area contributed by atoms with E-state index in [-0.39, 0.29) is 5.56 Å². The van der Waals surface area contributed by atoms with Gasteiger partial charge in [-0.25, -0.2) is 9.78 Å². The molecule has 0 spiro atoms. The second-order valence-corrected chi connectivity index (χ2v) is 11.7. The maximum Gasteiger partial charge on any atom is 0.349 e. The molecule has 1 aliphatic heterocycles. The summed E-state index contributed by atoms with van der Waals surface area (Å²) in [5, 5.41) is 5.37. The topological polar surface area (TPSA) is 75.4 Å². The smallest absolute Gasteiger partial charge is 0.349 e. The molecule has 4 heterocycles. The zero-order valence-corrected chi connectivity index (χ0v) is 22.5. The number of thiazole rings is 1. The standard InChI is InChI=1S/C31H23N3O3S2/c35-28(22-16-20-10-4-6-12-24(20)37-31(22)36)33-30-27(29-32-23-11-5-7-13-25(23)38-29)21-14-15-34(18-26(21)39-30)17-19-8-2-1-3-9-19/h1-13,16H,14-15,17-18H2,(H,33,35). The number of carbonyl (C=O) groups excluding carboxylic acids is 1. The predicted octanol–water partition coefficient (Wildman–Crippen LogP) is 6.94. The quantitative estimate of drug-likeness (QED) is 0.236. The molecule has 1 N–H and O–H groups in total. The van der Waals surface area contributed by atoms with Crippen LogP contribution in [0.4, 0.5) is 5.00 Å². The van der Waals surface area contributed by atoms with Gasteiger partial charge in [0.05, 0.1) is 10.2 Å². The third-order valence-corrected chi connectivity index (χ3v) is 9.19. The molecule has 0 aliphatic carbocycles. The van der Waals surface area contributed by atoms with Crippen LogP contribution in [0.5, 0.6) is 0 Å². The number of nitrogens with zero attached hydrogens (tertiary/aromatic N) is 2. The van der Waals surface area contributed by atoms with Crippen LogP contribution in [0.15, 0.2) is 94.1 Å². The molecule has 0 saturated carbocycles. The SMILES string of the molecule is O=C(Nc1sc2c(c1-c1nc3ccccc3s1)CCN(Cc1ccccc1)C2)c1cc2ccccc2oc1=O. The minimum Gasteiger partial charge on any atom is -0.422 e. The predicted molar refractivity (Wildman–Crippen MR) is 158 cm³/mol. The molecule has 0 fully saturated rings. The number of amides is 1. The van der Waals surface area contributed by atoms with E-state index in [2.05, 4.69) is 40.5 Å². The highest BCUT2D eigenvalue weighted by molar-refractivity contribution is 7.23. The van der Waals surface area contributed by atoms with Gasteiger partial charge in [-0.05, 0) is 41.8 Å². The van der Waals surface area contributed by atoms with Gasteiger partial charge in [0.2, 0.25) is 0 Å². The Morgan fingerprint density at radius 1 is 0.974 bits per heavy atom. The monoisotopic (exact) mass is 549 g/mol. The molecule has 6 aromatic rings. The summed E-state index contributed by atoms with van der Waals surface area (Å²) in [7, 11) is 0. The van der Waals surface area contributed by atoms with Crippen molar-refractivity contribution in [2.75, 3.05) is 11.9 Å². The van der Waals surface area contributed by atoms with Crippen molar-refractivity contribution in [3.8, 4) is 10.6 Å². The van der Waals surface area contributed by atoms with Gasteiger partial charge in [-0.2, -0.15) is 0 Å². The first-order valence-corrected chi connectivity index (χ1v) is 14.4. The molecule has 0 saturated heterocycles. The fraction of sp³-hybridized carbons (Fsp3) is 0.129. The van der Waals surface area contributed by atoms with Gasteiger partial charge in [0.15, 0.2) is 0 Å². The maximum absolute atomic E-state index is 13.5. The second-order valence-electron chi connectivity index (χ2n) is 9.58. The average molecular weight is 550 g/mol. The Labute approximate surface area is 232 Å². The van der Waals surface area contributed by atoms with Crippen molar-refractivity contribution < 1.29 is 9.21 Å². The Morgan fingerprint density at radius 2 is 1.77 bits per heavy atom. The van der Waals surface area contributed by atoms with Crippen LogP contribution in [-0.2, 0) is 19.5 Å². The Bertz CT molecular complexity index is 1870. The van der Waals surface area contributed by atoms with Crippen LogP contribution in [0.2, 0.25) is 0 Å². The van der Waals surface area contributed by atoms with Gasteiger partial charge in [-0.15, -0.1) is 22.7 Å². The molecular formula is C31H23N3O3S2. The van der Waals surface area contributed by atoms with E-state index in [1.165, 1.54) is 16.0 Å². The normalized spacial score (nSPS) is 13.5. The minimum atomic E-state index is -0.650. The lowest BCUT2D eigenvalue weighted by atomic mass is 10.0. The van der Waals surface area contributed by atoms with Crippen LogP contribution in [0.25, 0.3) is 31.8 Å². The Kier molecular flexibility index (Phi) is 6.08. The number of carbonyl (C=O) groups is 1. The van der Waals surface area contributed by atoms with Crippen molar-refractivity contribution in [1.29, 1.82) is 0 Å². The largest absolute Gasteiger partial charge is 0.422 e. The van der Waals surface area contributed by atoms with Crippen molar-refractivity contribution in [2.45, 2.75) is 19.5 Å². The number of para-hydroxylation sites is 2. The van der Waals surface area contributed by atoms with Gasteiger partial charge in [0.25, 0.3) is 5.91 Å².